The van der Waals surface area contributed by atoms with E-state index in [0.29, 0.717) is 18.0 Å². The molecule has 0 unspecified atom stereocenters. The fraction of sp³-hybridized carbons (Fsp3) is 0.368. The number of carbonyl (C=O) groups excluding carboxylic acids is 1. The standard InChI is InChI=1S/C19H27N5O2.HI/c1-4-20-19(21-9-12-24-10-5-6-11-24)22-14-16-7-8-18(26-3)17(13-16)23-15(2)25;/h5-8,10-11,13H,4,9,12,14H2,1-3H3,(H,23,25)(H2,20,21,22);1H. The summed E-state index contributed by atoms with van der Waals surface area (Å²) in [6.07, 6.45) is 4.07. The lowest BCUT2D eigenvalue weighted by molar-refractivity contribution is -0.114. The van der Waals surface area contributed by atoms with Crippen LogP contribution in [0.1, 0.15) is 19.4 Å². The van der Waals surface area contributed by atoms with Crippen LogP contribution in [0.5, 0.6) is 5.75 Å². The van der Waals surface area contributed by atoms with Crippen molar-refractivity contribution >= 4 is 41.5 Å². The molecule has 0 aliphatic heterocycles. The Morgan fingerprint density at radius 1 is 1.22 bits per heavy atom. The minimum atomic E-state index is -0.135. The maximum Gasteiger partial charge on any atom is 0.221 e. The molecule has 1 aromatic carbocycles. The third-order valence-corrected chi connectivity index (χ3v) is 3.67. The number of carbonyl (C=O) groups is 1. The highest BCUT2D eigenvalue weighted by atomic mass is 127. The predicted octanol–water partition coefficient (Wildman–Crippen LogP) is 2.83. The summed E-state index contributed by atoms with van der Waals surface area (Å²) in [5.74, 6) is 1.25. The molecule has 1 amide bonds. The number of nitrogens with one attached hydrogen (secondary N) is 3. The first-order valence-electron chi connectivity index (χ1n) is 8.69. The molecule has 0 radical (unpaired) electrons. The molecular weight excluding hydrogens is 457 g/mol. The average Bonchev–Trinajstić information content (AvgIpc) is 3.13. The molecule has 27 heavy (non-hydrogen) atoms. The van der Waals surface area contributed by atoms with Crippen molar-refractivity contribution in [2.75, 3.05) is 25.5 Å². The van der Waals surface area contributed by atoms with E-state index < -0.39 is 0 Å². The van der Waals surface area contributed by atoms with Gasteiger partial charge in [0.05, 0.1) is 19.3 Å². The van der Waals surface area contributed by atoms with Gasteiger partial charge in [-0.3, -0.25) is 4.79 Å². The number of nitrogens with zero attached hydrogens (tertiary/aromatic N) is 2. The van der Waals surface area contributed by atoms with E-state index in [4.69, 9.17) is 4.74 Å². The molecule has 0 atom stereocenters. The molecule has 2 rings (SSSR count). The van der Waals surface area contributed by atoms with Crippen molar-refractivity contribution in [1.82, 2.24) is 15.2 Å². The van der Waals surface area contributed by atoms with Crippen LogP contribution < -0.4 is 20.7 Å². The third-order valence-electron chi connectivity index (χ3n) is 3.67. The van der Waals surface area contributed by atoms with E-state index in [9.17, 15) is 4.79 Å². The zero-order chi connectivity index (χ0) is 18.8. The number of rotatable bonds is 8. The van der Waals surface area contributed by atoms with E-state index in [2.05, 4.69) is 25.5 Å². The van der Waals surface area contributed by atoms with E-state index >= 15 is 0 Å². The minimum absolute atomic E-state index is 0. The van der Waals surface area contributed by atoms with Crippen LogP contribution in [-0.2, 0) is 17.9 Å². The van der Waals surface area contributed by atoms with Crippen molar-refractivity contribution in [2.45, 2.75) is 26.9 Å². The highest BCUT2D eigenvalue weighted by molar-refractivity contribution is 14.0. The third kappa shape index (κ3) is 7.90. The molecule has 0 saturated heterocycles. The van der Waals surface area contributed by atoms with Crippen molar-refractivity contribution in [2.24, 2.45) is 4.99 Å². The molecule has 2 aromatic rings. The van der Waals surface area contributed by atoms with Crippen molar-refractivity contribution in [3.05, 3.63) is 48.3 Å². The molecule has 148 valence electrons. The molecule has 3 N–H and O–H groups in total. The van der Waals surface area contributed by atoms with Crippen LogP contribution in [-0.4, -0.2) is 36.6 Å². The van der Waals surface area contributed by atoms with Gasteiger partial charge in [-0.2, -0.15) is 0 Å². The maximum absolute atomic E-state index is 11.3. The second-order valence-electron chi connectivity index (χ2n) is 5.76. The van der Waals surface area contributed by atoms with E-state index in [1.54, 1.807) is 7.11 Å². The summed E-state index contributed by atoms with van der Waals surface area (Å²) in [4.78, 5) is 16.0. The Balaban J connectivity index is 0.00000364. The molecule has 1 heterocycles. The lowest BCUT2D eigenvalue weighted by atomic mass is 10.2. The lowest BCUT2D eigenvalue weighted by Crippen LogP contribution is -2.38. The number of ether oxygens (including phenoxy) is 1. The van der Waals surface area contributed by atoms with Crippen LogP contribution in [0, 0.1) is 0 Å². The van der Waals surface area contributed by atoms with E-state index in [0.717, 1.165) is 31.2 Å². The number of amides is 1. The maximum atomic E-state index is 11.3. The number of guanidine groups is 1. The first-order chi connectivity index (χ1) is 12.6. The van der Waals surface area contributed by atoms with Gasteiger partial charge in [0.15, 0.2) is 5.96 Å². The monoisotopic (exact) mass is 485 g/mol. The molecule has 1 aromatic heterocycles. The van der Waals surface area contributed by atoms with Gasteiger partial charge < -0.3 is 25.3 Å². The molecule has 7 nitrogen and oxygen atoms in total. The summed E-state index contributed by atoms with van der Waals surface area (Å²) >= 11 is 0. The van der Waals surface area contributed by atoms with Gasteiger partial charge in [0, 0.05) is 39.0 Å². The molecule has 8 heteroatoms. The second kappa shape index (κ2) is 12.2. The van der Waals surface area contributed by atoms with Crippen molar-refractivity contribution in [1.29, 1.82) is 0 Å². The van der Waals surface area contributed by atoms with Gasteiger partial charge in [-0.15, -0.1) is 24.0 Å². The van der Waals surface area contributed by atoms with Crippen LogP contribution >= 0.6 is 24.0 Å². The van der Waals surface area contributed by atoms with Gasteiger partial charge in [-0.1, -0.05) is 6.07 Å². The molecule has 0 fully saturated rings. The summed E-state index contributed by atoms with van der Waals surface area (Å²) < 4.78 is 7.39. The highest BCUT2D eigenvalue weighted by Crippen LogP contribution is 2.25. The topological polar surface area (TPSA) is 79.7 Å². The van der Waals surface area contributed by atoms with Gasteiger partial charge in [-0.25, -0.2) is 4.99 Å². The molecule has 0 aliphatic carbocycles. The largest absolute Gasteiger partial charge is 0.495 e. The average molecular weight is 485 g/mol. The fourth-order valence-corrected chi connectivity index (χ4v) is 2.48. The first-order valence-corrected chi connectivity index (χ1v) is 8.69. The van der Waals surface area contributed by atoms with E-state index in [1.165, 1.54) is 6.92 Å². The van der Waals surface area contributed by atoms with Gasteiger partial charge in [0.1, 0.15) is 5.75 Å². The highest BCUT2D eigenvalue weighted by Gasteiger charge is 2.06. The summed E-state index contributed by atoms with van der Waals surface area (Å²) in [6.45, 7) is 6.44. The Bertz CT molecular complexity index is 732. The zero-order valence-electron chi connectivity index (χ0n) is 16.0. The Hall–Kier alpha value is -2.23. The minimum Gasteiger partial charge on any atom is -0.495 e. The summed E-state index contributed by atoms with van der Waals surface area (Å²) in [6, 6.07) is 9.68. The smallest absolute Gasteiger partial charge is 0.221 e. The van der Waals surface area contributed by atoms with Crippen LogP contribution in [0.4, 0.5) is 5.69 Å². The van der Waals surface area contributed by atoms with Crippen LogP contribution in [0.2, 0.25) is 0 Å². The van der Waals surface area contributed by atoms with Gasteiger partial charge >= 0.3 is 0 Å². The van der Waals surface area contributed by atoms with Crippen molar-refractivity contribution in [3.8, 4) is 5.75 Å². The van der Waals surface area contributed by atoms with Crippen LogP contribution in [0.3, 0.4) is 0 Å². The molecule has 0 saturated carbocycles. The number of aromatic nitrogens is 1. The first kappa shape index (κ1) is 22.8. The van der Waals surface area contributed by atoms with E-state index in [-0.39, 0.29) is 29.9 Å². The molecule has 0 bridgehead atoms. The zero-order valence-corrected chi connectivity index (χ0v) is 18.3. The predicted molar refractivity (Wildman–Crippen MR) is 120 cm³/mol. The van der Waals surface area contributed by atoms with Crippen molar-refractivity contribution < 1.29 is 9.53 Å². The quantitative estimate of drug-likeness (QED) is 0.305. The molecule has 0 aliphatic rings. The second-order valence-corrected chi connectivity index (χ2v) is 5.76. The molecular formula is C19H28IN5O2. The number of halogens is 1. The number of hydrogen-bond acceptors (Lipinski definition) is 3. The number of hydrogen-bond donors (Lipinski definition) is 3. The SMILES string of the molecule is CCNC(=NCc1ccc(OC)c(NC(C)=O)c1)NCCn1cccc1.I. The van der Waals surface area contributed by atoms with Crippen LogP contribution in [0.15, 0.2) is 47.7 Å². The lowest BCUT2D eigenvalue weighted by Gasteiger charge is -2.13. The summed E-state index contributed by atoms with van der Waals surface area (Å²) in [5.41, 5.74) is 1.63. The Labute approximate surface area is 177 Å². The normalized spacial score (nSPS) is 10.7. The van der Waals surface area contributed by atoms with Crippen molar-refractivity contribution in [3.63, 3.8) is 0 Å². The van der Waals surface area contributed by atoms with E-state index in [1.807, 2.05) is 49.6 Å². The summed E-state index contributed by atoms with van der Waals surface area (Å²) in [7, 11) is 1.58. The van der Waals surface area contributed by atoms with Gasteiger partial charge in [-0.05, 0) is 36.8 Å². The number of aliphatic imine (C=N–C) groups is 1. The Kier molecular flexibility index (Phi) is 10.3. The number of anilines is 1. The summed E-state index contributed by atoms with van der Waals surface area (Å²) in [5, 5.41) is 9.34. The molecule has 0 spiro atoms. The Morgan fingerprint density at radius 2 is 1.96 bits per heavy atom. The Morgan fingerprint density at radius 3 is 2.59 bits per heavy atom. The fourth-order valence-electron chi connectivity index (χ4n) is 2.48. The van der Waals surface area contributed by atoms with Gasteiger partial charge in [0.2, 0.25) is 5.91 Å². The van der Waals surface area contributed by atoms with Crippen LogP contribution in [0.25, 0.3) is 0 Å². The number of benzene rings is 1. The van der Waals surface area contributed by atoms with Gasteiger partial charge in [0.25, 0.3) is 0 Å². The number of methoxy groups -OCH3 is 1.